The third-order valence-electron chi connectivity index (χ3n) is 2.65. The largest absolute Gasteiger partial charge is 0.466 e. The number of benzene rings is 1. The van der Waals surface area contributed by atoms with E-state index in [1.807, 2.05) is 0 Å². The Hall–Kier alpha value is -2.48. The number of ether oxygens (including phenoxy) is 3. The van der Waals surface area contributed by atoms with Gasteiger partial charge in [0.25, 0.3) is 0 Å². The van der Waals surface area contributed by atoms with Gasteiger partial charge in [-0.2, -0.15) is 0 Å². The maximum atomic E-state index is 11.7. The Balaban J connectivity index is 2.35. The van der Waals surface area contributed by atoms with E-state index in [1.165, 1.54) is 19.2 Å². The Bertz CT molecular complexity index is 652. The van der Waals surface area contributed by atoms with E-state index < -0.39 is 17.9 Å². The maximum Gasteiger partial charge on any atom is 0.331 e. The van der Waals surface area contributed by atoms with E-state index in [9.17, 15) is 19.2 Å². The molecule has 128 valence electrons. The molecule has 0 bridgehead atoms. The lowest BCUT2D eigenvalue weighted by atomic mass is 10.2. The minimum absolute atomic E-state index is 0.00234. The van der Waals surface area contributed by atoms with Crippen LogP contribution >= 0.6 is 15.9 Å². The highest BCUT2D eigenvalue weighted by atomic mass is 79.9. The molecule has 1 aromatic rings. The second-order valence-electron chi connectivity index (χ2n) is 4.40. The summed E-state index contributed by atoms with van der Waals surface area (Å²) in [6, 6.07) is 4.68. The first kappa shape index (κ1) is 19.6. The monoisotopic (exact) mass is 398 g/mol. The Morgan fingerprint density at radius 2 is 1.88 bits per heavy atom. The topological polar surface area (TPSA) is 96.0 Å². The number of carbonyl (C=O) groups excluding carboxylic acids is 4. The van der Waals surface area contributed by atoms with Crippen LogP contribution in [-0.2, 0) is 23.9 Å². The lowest BCUT2D eigenvalue weighted by Crippen LogP contribution is -2.11. The van der Waals surface area contributed by atoms with Crippen molar-refractivity contribution < 1.29 is 33.4 Å². The number of aldehydes is 1. The highest BCUT2D eigenvalue weighted by Crippen LogP contribution is 2.22. The molecule has 0 saturated carbocycles. The summed E-state index contributed by atoms with van der Waals surface area (Å²) in [6.45, 7) is -0.0136. The van der Waals surface area contributed by atoms with Crippen molar-refractivity contribution in [3.63, 3.8) is 0 Å². The molecule has 0 saturated heterocycles. The summed E-state index contributed by atoms with van der Waals surface area (Å²) in [5.74, 6) is -1.78. The zero-order valence-corrected chi connectivity index (χ0v) is 14.4. The summed E-state index contributed by atoms with van der Waals surface area (Å²) in [4.78, 5) is 44.6. The van der Waals surface area contributed by atoms with Gasteiger partial charge < -0.3 is 14.2 Å². The van der Waals surface area contributed by atoms with Crippen molar-refractivity contribution in [2.45, 2.75) is 12.8 Å². The van der Waals surface area contributed by atoms with Crippen LogP contribution in [-0.4, -0.2) is 37.9 Å². The summed E-state index contributed by atoms with van der Waals surface area (Å²) < 4.78 is 14.9. The van der Waals surface area contributed by atoms with Crippen molar-refractivity contribution in [1.82, 2.24) is 0 Å². The number of carbonyl (C=O) groups is 4. The van der Waals surface area contributed by atoms with Crippen molar-refractivity contribution in [1.29, 1.82) is 0 Å². The average Bonchev–Trinajstić information content (AvgIpc) is 2.58. The normalized spacial score (nSPS) is 10.2. The van der Waals surface area contributed by atoms with Crippen molar-refractivity contribution >= 4 is 40.1 Å². The summed E-state index contributed by atoms with van der Waals surface area (Å²) in [5.41, 5.74) is 0.247. The second-order valence-corrected chi connectivity index (χ2v) is 5.32. The number of halogens is 1. The fourth-order valence-corrected chi connectivity index (χ4v) is 1.90. The van der Waals surface area contributed by atoms with Gasteiger partial charge in [0.15, 0.2) is 6.29 Å². The highest BCUT2D eigenvalue weighted by molar-refractivity contribution is 9.10. The minimum atomic E-state index is -0.718. The standard InChI is InChI=1S/C16H15BrO7/c1-22-14(19)6-7-15(20)23-8-2-3-16(21)24-13-5-4-12(17)9-11(13)10-18/h4-7,9-10H,2-3,8H2,1H3/b7-6-. The SMILES string of the molecule is COC(=O)/C=C\C(=O)OCCCC(=O)Oc1ccc(Br)cc1C=O. The zero-order chi connectivity index (χ0) is 17.9. The van der Waals surface area contributed by atoms with Crippen molar-refractivity contribution in [3.8, 4) is 5.75 Å². The molecule has 0 atom stereocenters. The molecule has 24 heavy (non-hydrogen) atoms. The number of rotatable bonds is 8. The molecule has 0 aromatic heterocycles. The van der Waals surface area contributed by atoms with Crippen LogP contribution in [0.5, 0.6) is 5.75 Å². The number of hydrogen-bond donors (Lipinski definition) is 0. The van der Waals surface area contributed by atoms with E-state index in [4.69, 9.17) is 9.47 Å². The van der Waals surface area contributed by atoms with E-state index in [0.717, 1.165) is 12.2 Å². The van der Waals surface area contributed by atoms with Gasteiger partial charge in [0, 0.05) is 23.0 Å². The summed E-state index contributed by atoms with van der Waals surface area (Å²) in [6.07, 6.45) is 2.70. The Kier molecular flexibility index (Phi) is 8.42. The summed E-state index contributed by atoms with van der Waals surface area (Å²) in [7, 11) is 1.19. The van der Waals surface area contributed by atoms with Crippen LogP contribution in [0.4, 0.5) is 0 Å². The quantitative estimate of drug-likeness (QED) is 0.217. The minimum Gasteiger partial charge on any atom is -0.466 e. The van der Waals surface area contributed by atoms with Crippen LogP contribution in [0.1, 0.15) is 23.2 Å². The van der Waals surface area contributed by atoms with Crippen LogP contribution in [0.3, 0.4) is 0 Å². The average molecular weight is 399 g/mol. The molecule has 0 spiro atoms. The first-order valence-electron chi connectivity index (χ1n) is 6.84. The van der Waals surface area contributed by atoms with Gasteiger partial charge in [-0.3, -0.25) is 9.59 Å². The molecule has 1 aromatic carbocycles. The second kappa shape index (κ2) is 10.3. The van der Waals surface area contributed by atoms with Gasteiger partial charge in [0.1, 0.15) is 5.75 Å². The highest BCUT2D eigenvalue weighted by Gasteiger charge is 2.10. The Morgan fingerprint density at radius 3 is 2.54 bits per heavy atom. The van der Waals surface area contributed by atoms with Gasteiger partial charge in [0.05, 0.1) is 19.3 Å². The van der Waals surface area contributed by atoms with E-state index >= 15 is 0 Å². The van der Waals surface area contributed by atoms with Gasteiger partial charge >= 0.3 is 17.9 Å². The van der Waals surface area contributed by atoms with E-state index in [2.05, 4.69) is 20.7 Å². The van der Waals surface area contributed by atoms with Crippen LogP contribution in [0.15, 0.2) is 34.8 Å². The molecular formula is C16H15BrO7. The predicted molar refractivity (Wildman–Crippen MR) is 86.5 cm³/mol. The third kappa shape index (κ3) is 7.19. The molecule has 0 unspecified atom stereocenters. The first-order valence-corrected chi connectivity index (χ1v) is 7.63. The molecule has 0 radical (unpaired) electrons. The summed E-state index contributed by atoms with van der Waals surface area (Å²) in [5, 5.41) is 0. The van der Waals surface area contributed by atoms with Gasteiger partial charge in [-0.15, -0.1) is 0 Å². The molecule has 0 N–H and O–H groups in total. The van der Waals surface area contributed by atoms with E-state index in [-0.39, 0.29) is 30.8 Å². The lowest BCUT2D eigenvalue weighted by Gasteiger charge is -2.07. The van der Waals surface area contributed by atoms with Gasteiger partial charge in [0.2, 0.25) is 0 Å². The van der Waals surface area contributed by atoms with Crippen molar-refractivity contribution in [2.75, 3.05) is 13.7 Å². The molecule has 8 heteroatoms. The first-order chi connectivity index (χ1) is 11.5. The molecular weight excluding hydrogens is 384 g/mol. The van der Waals surface area contributed by atoms with Gasteiger partial charge in [-0.25, -0.2) is 9.59 Å². The molecule has 7 nitrogen and oxygen atoms in total. The van der Waals surface area contributed by atoms with Gasteiger partial charge in [-0.05, 0) is 24.6 Å². The zero-order valence-electron chi connectivity index (χ0n) is 12.8. The fourth-order valence-electron chi connectivity index (χ4n) is 1.52. The Morgan fingerprint density at radius 1 is 1.17 bits per heavy atom. The smallest absolute Gasteiger partial charge is 0.331 e. The number of methoxy groups -OCH3 is 1. The molecule has 0 aliphatic heterocycles. The molecule has 0 amide bonds. The van der Waals surface area contributed by atoms with Crippen LogP contribution < -0.4 is 4.74 Å². The molecule has 0 heterocycles. The maximum absolute atomic E-state index is 11.7. The number of esters is 3. The van der Waals surface area contributed by atoms with Gasteiger partial charge in [-0.1, -0.05) is 15.9 Å². The fraction of sp³-hybridized carbons (Fsp3) is 0.250. The van der Waals surface area contributed by atoms with Crippen molar-refractivity contribution in [2.24, 2.45) is 0 Å². The van der Waals surface area contributed by atoms with E-state index in [1.54, 1.807) is 6.07 Å². The van der Waals surface area contributed by atoms with Crippen LogP contribution in [0.2, 0.25) is 0 Å². The molecule has 1 rings (SSSR count). The van der Waals surface area contributed by atoms with Crippen molar-refractivity contribution in [3.05, 3.63) is 40.4 Å². The van der Waals surface area contributed by atoms with Crippen LogP contribution in [0, 0.1) is 0 Å². The van der Waals surface area contributed by atoms with Crippen LogP contribution in [0.25, 0.3) is 0 Å². The number of hydrogen-bond acceptors (Lipinski definition) is 7. The predicted octanol–water partition coefficient (Wildman–Crippen LogP) is 2.22. The lowest BCUT2D eigenvalue weighted by molar-refractivity contribution is -0.140. The Labute approximate surface area is 146 Å². The molecule has 0 aliphatic carbocycles. The third-order valence-corrected chi connectivity index (χ3v) is 3.14. The summed E-state index contributed by atoms with van der Waals surface area (Å²) >= 11 is 3.21. The molecule has 0 aliphatic rings. The molecule has 0 fully saturated rings. The van der Waals surface area contributed by atoms with E-state index in [0.29, 0.717) is 10.8 Å².